The zero-order valence-electron chi connectivity index (χ0n) is 14.7. The third-order valence-corrected chi connectivity index (χ3v) is 5.50. The molecule has 0 aliphatic carbocycles. The molecule has 142 valence electrons. The zero-order chi connectivity index (χ0) is 19.3. The van der Waals surface area contributed by atoms with E-state index in [1.54, 1.807) is 13.8 Å². The van der Waals surface area contributed by atoms with Gasteiger partial charge in [0.1, 0.15) is 12.5 Å². The van der Waals surface area contributed by atoms with Crippen molar-refractivity contribution >= 4 is 28.4 Å². The number of hydrogen-bond acceptors (Lipinski definition) is 8. The van der Waals surface area contributed by atoms with Gasteiger partial charge in [-0.3, -0.25) is 0 Å². The molecule has 1 heterocycles. The van der Waals surface area contributed by atoms with Gasteiger partial charge in [0, 0.05) is 12.7 Å². The van der Waals surface area contributed by atoms with Crippen molar-refractivity contribution in [1.29, 1.82) is 0 Å². The number of rotatable bonds is 9. The number of benzene rings is 1. The van der Waals surface area contributed by atoms with Gasteiger partial charge in [0.2, 0.25) is 0 Å². The van der Waals surface area contributed by atoms with E-state index in [2.05, 4.69) is 5.16 Å². The van der Waals surface area contributed by atoms with Crippen molar-refractivity contribution in [2.75, 3.05) is 31.4 Å². The Kier molecular flexibility index (Phi) is 6.78. The second-order valence-corrected chi connectivity index (χ2v) is 7.38. The highest BCUT2D eigenvalue weighted by atomic mass is 32.2. The third-order valence-electron chi connectivity index (χ3n) is 3.78. The molecule has 0 spiro atoms. The standard InChI is InChI=1S/C15H21BN2O7S/c1-11-12(2)25-17-15(11)18(10-24-9-8-23-3)26(21,22)14-6-4-13(5-7-14)16(19)20/h4-7,19-20H,8-10H2,1-3H3. The molecule has 0 radical (unpaired) electrons. The van der Waals surface area contributed by atoms with E-state index in [1.807, 2.05) is 0 Å². The van der Waals surface area contributed by atoms with Crippen LogP contribution in [0.15, 0.2) is 33.7 Å². The van der Waals surface area contributed by atoms with Crippen molar-refractivity contribution in [3.05, 3.63) is 35.6 Å². The van der Waals surface area contributed by atoms with Gasteiger partial charge in [0.05, 0.1) is 18.1 Å². The van der Waals surface area contributed by atoms with E-state index in [1.165, 1.54) is 31.4 Å². The van der Waals surface area contributed by atoms with Gasteiger partial charge in [-0.15, -0.1) is 0 Å². The normalized spacial score (nSPS) is 11.6. The van der Waals surface area contributed by atoms with Gasteiger partial charge in [-0.1, -0.05) is 17.3 Å². The van der Waals surface area contributed by atoms with Crippen LogP contribution in [-0.2, 0) is 19.5 Å². The Bertz CT molecular complexity index is 821. The molecule has 0 fully saturated rings. The predicted molar refractivity (Wildman–Crippen MR) is 94.6 cm³/mol. The second kappa shape index (κ2) is 8.65. The van der Waals surface area contributed by atoms with Gasteiger partial charge in [0.25, 0.3) is 10.0 Å². The molecule has 2 N–H and O–H groups in total. The Morgan fingerprint density at radius 2 is 1.85 bits per heavy atom. The first-order chi connectivity index (χ1) is 12.3. The van der Waals surface area contributed by atoms with Crippen molar-refractivity contribution < 1.29 is 32.5 Å². The van der Waals surface area contributed by atoms with Crippen LogP contribution in [0.1, 0.15) is 11.3 Å². The highest BCUT2D eigenvalue weighted by Gasteiger charge is 2.30. The number of methoxy groups -OCH3 is 1. The summed E-state index contributed by atoms with van der Waals surface area (Å²) in [6, 6.07) is 5.22. The summed E-state index contributed by atoms with van der Waals surface area (Å²) in [5.41, 5.74) is 0.756. The number of aromatic nitrogens is 1. The number of hydrogen-bond donors (Lipinski definition) is 2. The van der Waals surface area contributed by atoms with Crippen LogP contribution >= 0.6 is 0 Å². The topological polar surface area (TPSA) is 122 Å². The molecule has 2 rings (SSSR count). The highest BCUT2D eigenvalue weighted by molar-refractivity contribution is 7.92. The Morgan fingerprint density at radius 3 is 2.35 bits per heavy atom. The van der Waals surface area contributed by atoms with Crippen molar-refractivity contribution in [2.24, 2.45) is 0 Å². The lowest BCUT2D eigenvalue weighted by molar-refractivity contribution is 0.0753. The molecule has 0 unspecified atom stereocenters. The minimum atomic E-state index is -4.01. The highest BCUT2D eigenvalue weighted by Crippen LogP contribution is 2.27. The van der Waals surface area contributed by atoms with Crippen molar-refractivity contribution in [2.45, 2.75) is 18.7 Å². The van der Waals surface area contributed by atoms with Crippen LogP contribution in [-0.4, -0.2) is 57.8 Å². The van der Waals surface area contributed by atoms with Crippen LogP contribution in [0.4, 0.5) is 5.82 Å². The van der Waals surface area contributed by atoms with Gasteiger partial charge in [0.15, 0.2) is 5.82 Å². The Balaban J connectivity index is 2.37. The fourth-order valence-corrected chi connectivity index (χ4v) is 3.46. The largest absolute Gasteiger partial charge is 0.488 e. The van der Waals surface area contributed by atoms with Crippen LogP contribution in [0, 0.1) is 13.8 Å². The molecule has 0 amide bonds. The van der Waals surface area contributed by atoms with Gasteiger partial charge < -0.3 is 24.0 Å². The van der Waals surface area contributed by atoms with Crippen molar-refractivity contribution in [1.82, 2.24) is 5.16 Å². The fourth-order valence-electron chi connectivity index (χ4n) is 2.11. The van der Waals surface area contributed by atoms with Crippen LogP contribution in [0.5, 0.6) is 0 Å². The average molecular weight is 384 g/mol. The zero-order valence-corrected chi connectivity index (χ0v) is 15.6. The molecule has 0 bridgehead atoms. The molecular formula is C15H21BN2O7S. The predicted octanol–water partition coefficient (Wildman–Crippen LogP) is -0.213. The summed E-state index contributed by atoms with van der Waals surface area (Å²) in [5.74, 6) is 0.627. The molecule has 0 aliphatic rings. The molecule has 26 heavy (non-hydrogen) atoms. The van der Waals surface area contributed by atoms with Gasteiger partial charge in [-0.25, -0.2) is 12.7 Å². The third kappa shape index (κ3) is 4.43. The molecule has 0 aliphatic heterocycles. The van der Waals surface area contributed by atoms with Crippen LogP contribution in [0.3, 0.4) is 0 Å². The molecule has 0 saturated carbocycles. The lowest BCUT2D eigenvalue weighted by Gasteiger charge is -2.22. The van der Waals surface area contributed by atoms with E-state index in [4.69, 9.17) is 24.0 Å². The minimum absolute atomic E-state index is 0.0442. The summed E-state index contributed by atoms with van der Waals surface area (Å²) in [6.07, 6.45) is 0. The lowest BCUT2D eigenvalue weighted by Crippen LogP contribution is -2.35. The van der Waals surface area contributed by atoms with Crippen molar-refractivity contribution in [3.8, 4) is 0 Å². The summed E-state index contributed by atoms with van der Waals surface area (Å²) in [4.78, 5) is -0.0442. The van der Waals surface area contributed by atoms with E-state index in [0.29, 0.717) is 17.9 Å². The van der Waals surface area contributed by atoms with Crippen LogP contribution in [0.2, 0.25) is 0 Å². The first-order valence-electron chi connectivity index (χ1n) is 7.77. The smallest absolute Gasteiger partial charge is 0.423 e. The van der Waals surface area contributed by atoms with Gasteiger partial charge in [-0.2, -0.15) is 0 Å². The number of aryl methyl sites for hydroxylation is 1. The Labute approximate surface area is 152 Å². The van der Waals surface area contributed by atoms with Crippen LogP contribution < -0.4 is 9.77 Å². The molecular weight excluding hydrogens is 363 g/mol. The van der Waals surface area contributed by atoms with Crippen LogP contribution in [0.25, 0.3) is 0 Å². The number of sulfonamides is 1. The number of ether oxygens (including phenoxy) is 2. The quantitative estimate of drug-likeness (QED) is 0.346. The summed E-state index contributed by atoms with van der Waals surface area (Å²) < 4.78 is 42.4. The SMILES string of the molecule is COCCOCN(c1noc(C)c1C)S(=O)(=O)c1ccc(B(O)O)cc1. The molecule has 2 aromatic rings. The maximum absolute atomic E-state index is 13.0. The molecule has 1 aromatic carbocycles. The summed E-state index contributed by atoms with van der Waals surface area (Å²) in [7, 11) is -4.18. The van der Waals surface area contributed by atoms with E-state index in [9.17, 15) is 8.42 Å². The van der Waals surface area contributed by atoms with E-state index >= 15 is 0 Å². The molecule has 0 saturated heterocycles. The average Bonchev–Trinajstić information content (AvgIpc) is 2.94. The first kappa shape index (κ1) is 20.4. The van der Waals surface area contributed by atoms with E-state index in [-0.39, 0.29) is 29.5 Å². The van der Waals surface area contributed by atoms with Gasteiger partial charge in [-0.05, 0) is 31.4 Å². The molecule has 9 nitrogen and oxygen atoms in total. The Morgan fingerprint density at radius 1 is 1.19 bits per heavy atom. The molecule has 0 atom stereocenters. The maximum atomic E-state index is 13.0. The maximum Gasteiger partial charge on any atom is 0.488 e. The minimum Gasteiger partial charge on any atom is -0.423 e. The fraction of sp³-hybridized carbons (Fsp3) is 0.400. The summed E-state index contributed by atoms with van der Waals surface area (Å²) in [6.45, 7) is 3.62. The Hall–Kier alpha value is -1.92. The summed E-state index contributed by atoms with van der Waals surface area (Å²) in [5, 5.41) is 22.1. The first-order valence-corrected chi connectivity index (χ1v) is 9.21. The number of nitrogens with zero attached hydrogens (tertiary/aromatic N) is 2. The van der Waals surface area contributed by atoms with Gasteiger partial charge >= 0.3 is 7.12 Å². The van der Waals surface area contributed by atoms with E-state index < -0.39 is 17.1 Å². The van der Waals surface area contributed by atoms with E-state index in [0.717, 1.165) is 4.31 Å². The molecule has 11 heteroatoms. The number of anilines is 1. The second-order valence-electron chi connectivity index (χ2n) is 5.51. The lowest BCUT2D eigenvalue weighted by atomic mass is 9.81. The monoisotopic (exact) mass is 384 g/mol. The summed E-state index contributed by atoms with van der Waals surface area (Å²) >= 11 is 0. The van der Waals surface area contributed by atoms with Crippen molar-refractivity contribution in [3.63, 3.8) is 0 Å². The molecule has 1 aromatic heterocycles.